The maximum Gasteiger partial charge on any atom is 0.435 e. The van der Waals surface area contributed by atoms with Gasteiger partial charge < -0.3 is 11.5 Å². The van der Waals surface area contributed by atoms with Crippen LogP contribution in [0.5, 0.6) is 0 Å². The Balaban J connectivity index is 0.000000209. The predicted octanol–water partition coefficient (Wildman–Crippen LogP) is 8.06. The van der Waals surface area contributed by atoms with Gasteiger partial charge in [-0.25, -0.2) is 9.07 Å². The van der Waals surface area contributed by atoms with Crippen molar-refractivity contribution in [3.05, 3.63) is 130 Å². The number of aldehydes is 1. The number of halogens is 4. The van der Waals surface area contributed by atoms with Crippen LogP contribution in [0.4, 0.5) is 17.6 Å². The Hall–Kier alpha value is -5.01. The summed E-state index contributed by atoms with van der Waals surface area (Å²) in [6.45, 7) is 7.23. The molecule has 0 saturated heterocycles. The normalized spacial score (nSPS) is 14.2. The first-order valence-corrected chi connectivity index (χ1v) is 14.7. The number of rotatable bonds is 9. The van der Waals surface area contributed by atoms with E-state index in [1.54, 1.807) is 43.3 Å². The highest BCUT2D eigenvalue weighted by Gasteiger charge is 2.35. The zero-order valence-electron chi connectivity index (χ0n) is 25.6. The smallest absolute Gasteiger partial charge is 0.399 e. The summed E-state index contributed by atoms with van der Waals surface area (Å²) in [5.41, 5.74) is 15.4. The lowest BCUT2D eigenvalue weighted by Crippen LogP contribution is -2.38. The number of aromatic nitrogens is 2. The number of carbonyl (C=O) groups excluding carboxylic acids is 1. The summed E-state index contributed by atoms with van der Waals surface area (Å²) < 4.78 is 52.9. The summed E-state index contributed by atoms with van der Waals surface area (Å²) in [7, 11) is 0. The number of benzene rings is 3. The van der Waals surface area contributed by atoms with Gasteiger partial charge in [0.15, 0.2) is 12.0 Å². The lowest BCUT2D eigenvalue weighted by Gasteiger charge is -2.31. The van der Waals surface area contributed by atoms with Crippen molar-refractivity contribution < 1.29 is 22.4 Å². The van der Waals surface area contributed by atoms with Gasteiger partial charge in [0, 0.05) is 11.3 Å². The minimum atomic E-state index is -4.63. The van der Waals surface area contributed by atoms with Crippen molar-refractivity contribution in [2.75, 3.05) is 0 Å². The van der Waals surface area contributed by atoms with Crippen molar-refractivity contribution in [2.24, 2.45) is 17.4 Å². The van der Waals surface area contributed by atoms with Crippen LogP contribution >= 0.6 is 0 Å². The van der Waals surface area contributed by atoms with Crippen LogP contribution < -0.4 is 11.5 Å². The van der Waals surface area contributed by atoms with Gasteiger partial charge in [0.05, 0.1) is 22.9 Å². The molecule has 3 aromatic carbocycles. The van der Waals surface area contributed by atoms with Gasteiger partial charge in [-0.2, -0.15) is 23.5 Å². The van der Waals surface area contributed by atoms with Gasteiger partial charge in [-0.1, -0.05) is 61.9 Å². The fraction of sp³-hybridized carbons (Fsp3) is 0.250. The van der Waals surface area contributed by atoms with Crippen molar-refractivity contribution >= 4 is 18.1 Å². The van der Waals surface area contributed by atoms with E-state index in [4.69, 9.17) is 16.7 Å². The molecule has 6 nitrogen and oxygen atoms in total. The summed E-state index contributed by atoms with van der Waals surface area (Å²) in [4.78, 5) is 11.0. The molecule has 4 aromatic rings. The van der Waals surface area contributed by atoms with Crippen molar-refractivity contribution in [1.82, 2.24) is 9.78 Å². The lowest BCUT2D eigenvalue weighted by atomic mass is 9.78. The first-order chi connectivity index (χ1) is 21.8. The van der Waals surface area contributed by atoms with Crippen LogP contribution in [-0.2, 0) is 11.7 Å². The molecule has 5 rings (SSSR count). The van der Waals surface area contributed by atoms with Crippen molar-refractivity contribution in [3.8, 4) is 11.8 Å². The first-order valence-electron chi connectivity index (χ1n) is 14.7. The van der Waals surface area contributed by atoms with Crippen molar-refractivity contribution in [3.63, 3.8) is 0 Å². The molecule has 4 N–H and O–H groups in total. The third-order valence-electron chi connectivity index (χ3n) is 7.95. The summed E-state index contributed by atoms with van der Waals surface area (Å²) in [6.07, 6.45) is 3.69. The average molecular weight is 630 g/mol. The number of aryl methyl sites for hydroxylation is 1. The first kappa shape index (κ1) is 33.9. The molecule has 238 valence electrons. The molecule has 1 atom stereocenters. The summed E-state index contributed by atoms with van der Waals surface area (Å²) >= 11 is 0. The number of carbonyl (C=O) groups is 1. The number of hydrogen-bond acceptors (Lipinski definition) is 5. The fourth-order valence-electron chi connectivity index (χ4n) is 5.19. The third-order valence-corrected chi connectivity index (χ3v) is 7.95. The third kappa shape index (κ3) is 7.79. The predicted molar refractivity (Wildman–Crippen MR) is 171 cm³/mol. The van der Waals surface area contributed by atoms with Gasteiger partial charge in [0.25, 0.3) is 0 Å². The van der Waals surface area contributed by atoms with E-state index in [1.807, 2.05) is 31.2 Å². The molecule has 1 aliphatic rings. The summed E-state index contributed by atoms with van der Waals surface area (Å²) in [6, 6.07) is 20.2. The molecular formula is C36H35F4N5O. The van der Waals surface area contributed by atoms with Crippen LogP contribution in [-0.4, -0.2) is 16.1 Å². The molecule has 46 heavy (non-hydrogen) atoms. The van der Waals surface area contributed by atoms with Crippen LogP contribution in [0.3, 0.4) is 0 Å². The van der Waals surface area contributed by atoms with Crippen LogP contribution in [0.2, 0.25) is 0 Å². The maximum atomic E-state index is 13.6. The highest BCUT2D eigenvalue weighted by Crippen LogP contribution is 2.40. The van der Waals surface area contributed by atoms with Gasteiger partial charge in [0.2, 0.25) is 0 Å². The Kier molecular flexibility index (Phi) is 10.3. The number of allylic oxidation sites excluding steroid dienone is 1. The Morgan fingerprint density at radius 3 is 2.41 bits per heavy atom. The molecule has 0 spiro atoms. The Morgan fingerprint density at radius 2 is 1.83 bits per heavy atom. The molecule has 1 unspecified atom stereocenters. The highest BCUT2D eigenvalue weighted by molar-refractivity contribution is 5.76. The largest absolute Gasteiger partial charge is 0.435 e. The topological polar surface area (TPSA) is 111 Å². The molecule has 10 heteroatoms. The minimum absolute atomic E-state index is 0.204. The van der Waals surface area contributed by atoms with Crippen LogP contribution in [0.1, 0.15) is 82.2 Å². The van der Waals surface area contributed by atoms with Gasteiger partial charge in [-0.05, 0) is 91.3 Å². The van der Waals surface area contributed by atoms with Gasteiger partial charge in [-0.15, -0.1) is 0 Å². The number of nitrogens with two attached hydrogens (primary N) is 2. The van der Waals surface area contributed by atoms with Crippen LogP contribution in [0, 0.1) is 30.0 Å². The van der Waals surface area contributed by atoms with E-state index in [9.17, 15) is 22.4 Å². The summed E-state index contributed by atoms with van der Waals surface area (Å²) in [5, 5.41) is 12.6. The molecule has 1 aromatic heterocycles. The second kappa shape index (κ2) is 14.0. The fourth-order valence-corrected chi connectivity index (χ4v) is 5.19. The van der Waals surface area contributed by atoms with Crippen molar-refractivity contribution in [2.45, 2.75) is 51.2 Å². The Labute approximate surface area is 265 Å². The van der Waals surface area contributed by atoms with E-state index in [1.165, 1.54) is 25.0 Å². The SMILES string of the molecule is C=C(N)c1cc(-n2nc(C(F)(F)F)cc2C=O)ccc1/C=C\C.Cc1cc(C(N)(CCC2CC2)c2cccc(C#N)c2)ccc1F. The minimum Gasteiger partial charge on any atom is -0.399 e. The number of nitrogens with zero attached hydrogens (tertiary/aromatic N) is 3. The van der Waals surface area contributed by atoms with Gasteiger partial charge in [0.1, 0.15) is 11.5 Å². The molecule has 0 radical (unpaired) electrons. The van der Waals surface area contributed by atoms with E-state index < -0.39 is 17.4 Å². The van der Waals surface area contributed by atoms with E-state index in [-0.39, 0.29) is 22.9 Å². The highest BCUT2D eigenvalue weighted by atomic mass is 19.4. The molecule has 1 saturated carbocycles. The number of nitriles is 1. The molecule has 1 heterocycles. The second-order valence-electron chi connectivity index (χ2n) is 11.4. The van der Waals surface area contributed by atoms with E-state index in [2.05, 4.69) is 17.7 Å². The molecule has 0 bridgehead atoms. The van der Waals surface area contributed by atoms with E-state index in [0.717, 1.165) is 40.1 Å². The van der Waals surface area contributed by atoms with E-state index in [0.29, 0.717) is 29.0 Å². The van der Waals surface area contributed by atoms with Gasteiger partial charge >= 0.3 is 6.18 Å². The standard InChI is InChI=1S/C20H21FN2.C16H14F3N3O/c1-14-11-18(7-8-19(14)21)20(23,10-9-15-5-6-15)17-4-2-3-16(12-17)13-22;1-3-4-11-5-6-12(7-14(11)10(2)20)22-13(9-23)8-15(21-22)16(17,18)19/h2-4,7-8,11-12,15H,5-6,9-10,23H2,1H3;3-9H,2,20H2,1H3/b;4-3-. The molecule has 1 fully saturated rings. The molecule has 1 aliphatic carbocycles. The van der Waals surface area contributed by atoms with Crippen LogP contribution in [0.15, 0.2) is 79.4 Å². The zero-order chi connectivity index (χ0) is 33.6. The Bertz CT molecular complexity index is 1810. The lowest BCUT2D eigenvalue weighted by molar-refractivity contribution is -0.141. The average Bonchev–Trinajstić information content (AvgIpc) is 3.76. The Morgan fingerprint density at radius 1 is 1.11 bits per heavy atom. The number of hydrogen-bond donors (Lipinski definition) is 2. The van der Waals surface area contributed by atoms with E-state index >= 15 is 0 Å². The number of alkyl halides is 3. The molecule has 0 aliphatic heterocycles. The second-order valence-corrected chi connectivity index (χ2v) is 11.4. The van der Waals surface area contributed by atoms with Crippen molar-refractivity contribution in [1.29, 1.82) is 5.26 Å². The molecule has 0 amide bonds. The molecular weight excluding hydrogens is 594 g/mol. The van der Waals surface area contributed by atoms with Gasteiger partial charge in [-0.3, -0.25) is 4.79 Å². The quantitative estimate of drug-likeness (QED) is 0.144. The zero-order valence-corrected chi connectivity index (χ0v) is 25.6. The monoisotopic (exact) mass is 629 g/mol. The maximum absolute atomic E-state index is 13.6. The van der Waals surface area contributed by atoms with Crippen LogP contribution in [0.25, 0.3) is 17.5 Å². The summed E-state index contributed by atoms with van der Waals surface area (Å²) in [5.74, 6) is 0.544.